The van der Waals surface area contributed by atoms with E-state index in [9.17, 15) is 10.2 Å². The second-order valence-electron chi connectivity index (χ2n) is 6.01. The lowest BCUT2D eigenvalue weighted by Crippen LogP contribution is -2.49. The van der Waals surface area contributed by atoms with Gasteiger partial charge in [0.1, 0.15) is 12.2 Å². The van der Waals surface area contributed by atoms with Gasteiger partial charge in [0.15, 0.2) is 0 Å². The fourth-order valence-corrected chi connectivity index (χ4v) is 2.97. The maximum Gasteiger partial charge on any atom is 0.109 e. The number of hydrogen-bond donors (Lipinski definition) is 3. The zero-order valence-corrected chi connectivity index (χ0v) is 11.8. The molecule has 1 saturated carbocycles. The van der Waals surface area contributed by atoms with Crippen LogP contribution in [-0.2, 0) is 4.74 Å². The van der Waals surface area contributed by atoms with E-state index in [4.69, 9.17) is 9.84 Å². The SMILES string of the molecule is CC1CCCC(OC(CO)C(O)CO)(C(C)C)C1. The van der Waals surface area contributed by atoms with Crippen molar-refractivity contribution < 1.29 is 20.1 Å². The van der Waals surface area contributed by atoms with Crippen molar-refractivity contribution in [2.24, 2.45) is 11.8 Å². The molecule has 0 saturated heterocycles. The average molecular weight is 260 g/mol. The third-order valence-corrected chi connectivity index (χ3v) is 4.23. The van der Waals surface area contributed by atoms with E-state index < -0.39 is 12.2 Å². The van der Waals surface area contributed by atoms with Crippen molar-refractivity contribution >= 4 is 0 Å². The van der Waals surface area contributed by atoms with Crippen LogP contribution in [-0.4, -0.2) is 46.3 Å². The number of aliphatic hydroxyl groups is 3. The van der Waals surface area contributed by atoms with Crippen LogP contribution in [0.4, 0.5) is 0 Å². The molecule has 0 aromatic rings. The molecular formula is C14H28O4. The van der Waals surface area contributed by atoms with E-state index in [0.717, 1.165) is 19.3 Å². The summed E-state index contributed by atoms with van der Waals surface area (Å²) in [6.07, 6.45) is 2.55. The molecule has 0 aromatic heterocycles. The van der Waals surface area contributed by atoms with Crippen LogP contribution in [0.15, 0.2) is 0 Å². The van der Waals surface area contributed by atoms with Gasteiger partial charge < -0.3 is 20.1 Å². The summed E-state index contributed by atoms with van der Waals surface area (Å²) >= 11 is 0. The Balaban J connectivity index is 2.78. The van der Waals surface area contributed by atoms with E-state index in [-0.39, 0.29) is 18.8 Å². The molecule has 0 bridgehead atoms. The zero-order chi connectivity index (χ0) is 13.8. The Labute approximate surface area is 110 Å². The first-order valence-electron chi connectivity index (χ1n) is 7.02. The second-order valence-corrected chi connectivity index (χ2v) is 6.01. The van der Waals surface area contributed by atoms with Crippen LogP contribution in [0, 0.1) is 11.8 Å². The lowest BCUT2D eigenvalue weighted by atomic mass is 9.72. The molecule has 4 unspecified atom stereocenters. The number of ether oxygens (including phenoxy) is 1. The Hall–Kier alpha value is -0.160. The van der Waals surface area contributed by atoms with Gasteiger partial charge in [0.25, 0.3) is 0 Å². The van der Waals surface area contributed by atoms with Crippen molar-refractivity contribution in [3.8, 4) is 0 Å². The second kappa shape index (κ2) is 6.85. The average Bonchev–Trinajstić information content (AvgIpc) is 2.35. The van der Waals surface area contributed by atoms with E-state index in [2.05, 4.69) is 20.8 Å². The fourth-order valence-electron chi connectivity index (χ4n) is 2.97. The molecule has 0 aliphatic heterocycles. The minimum Gasteiger partial charge on any atom is -0.394 e. The van der Waals surface area contributed by atoms with Crippen molar-refractivity contribution in [1.29, 1.82) is 0 Å². The molecule has 0 aromatic carbocycles. The van der Waals surface area contributed by atoms with Crippen LogP contribution in [0.3, 0.4) is 0 Å². The number of aliphatic hydroxyl groups excluding tert-OH is 3. The lowest BCUT2D eigenvalue weighted by Gasteiger charge is -2.45. The highest BCUT2D eigenvalue weighted by Crippen LogP contribution is 2.41. The summed E-state index contributed by atoms with van der Waals surface area (Å²) in [6, 6.07) is 0. The standard InChI is InChI=1S/C14H28O4/c1-10(2)14(6-4-5-11(3)7-14)18-13(9-16)12(17)8-15/h10-13,15-17H,4-9H2,1-3H3. The van der Waals surface area contributed by atoms with E-state index in [1.807, 2.05) is 0 Å². The van der Waals surface area contributed by atoms with Gasteiger partial charge in [0.05, 0.1) is 18.8 Å². The lowest BCUT2D eigenvalue weighted by molar-refractivity contribution is -0.191. The Morgan fingerprint density at radius 2 is 1.94 bits per heavy atom. The van der Waals surface area contributed by atoms with Crippen LogP contribution < -0.4 is 0 Å². The first-order valence-corrected chi connectivity index (χ1v) is 7.02. The molecule has 1 fully saturated rings. The Bertz CT molecular complexity index is 244. The highest BCUT2D eigenvalue weighted by molar-refractivity contribution is 4.91. The topological polar surface area (TPSA) is 69.9 Å². The van der Waals surface area contributed by atoms with Gasteiger partial charge in [0.2, 0.25) is 0 Å². The third-order valence-electron chi connectivity index (χ3n) is 4.23. The van der Waals surface area contributed by atoms with Gasteiger partial charge in [-0.25, -0.2) is 0 Å². The molecule has 1 aliphatic carbocycles. The molecule has 0 spiro atoms. The van der Waals surface area contributed by atoms with Gasteiger partial charge in [0, 0.05) is 0 Å². The summed E-state index contributed by atoms with van der Waals surface area (Å²) in [5.41, 5.74) is -0.277. The first-order chi connectivity index (χ1) is 8.45. The summed E-state index contributed by atoms with van der Waals surface area (Å²) in [6.45, 7) is 5.82. The molecule has 3 N–H and O–H groups in total. The fraction of sp³-hybridized carbons (Fsp3) is 1.00. The van der Waals surface area contributed by atoms with Crippen LogP contribution in [0.1, 0.15) is 46.5 Å². The molecule has 4 atom stereocenters. The summed E-state index contributed by atoms with van der Waals surface area (Å²) < 4.78 is 6.05. The molecule has 1 aliphatic rings. The van der Waals surface area contributed by atoms with Crippen molar-refractivity contribution in [3.63, 3.8) is 0 Å². The van der Waals surface area contributed by atoms with Gasteiger partial charge in [-0.2, -0.15) is 0 Å². The van der Waals surface area contributed by atoms with Gasteiger partial charge >= 0.3 is 0 Å². The summed E-state index contributed by atoms with van der Waals surface area (Å²) in [4.78, 5) is 0. The highest BCUT2D eigenvalue weighted by atomic mass is 16.5. The van der Waals surface area contributed by atoms with Crippen molar-refractivity contribution in [2.75, 3.05) is 13.2 Å². The van der Waals surface area contributed by atoms with Gasteiger partial charge in [-0.1, -0.05) is 33.6 Å². The van der Waals surface area contributed by atoms with E-state index in [1.165, 1.54) is 6.42 Å². The normalized spacial score (nSPS) is 32.5. The predicted molar refractivity (Wildman–Crippen MR) is 70.3 cm³/mol. The van der Waals surface area contributed by atoms with Gasteiger partial charge in [-0.05, 0) is 24.7 Å². The van der Waals surface area contributed by atoms with Crippen LogP contribution in [0.2, 0.25) is 0 Å². The molecule has 18 heavy (non-hydrogen) atoms. The Morgan fingerprint density at radius 3 is 2.39 bits per heavy atom. The minimum atomic E-state index is -1.01. The van der Waals surface area contributed by atoms with Crippen molar-refractivity contribution in [3.05, 3.63) is 0 Å². The molecule has 4 nitrogen and oxygen atoms in total. The van der Waals surface area contributed by atoms with Crippen LogP contribution >= 0.6 is 0 Å². The number of rotatable bonds is 6. The third kappa shape index (κ3) is 3.67. The quantitative estimate of drug-likeness (QED) is 0.673. The molecule has 1 rings (SSSR count). The predicted octanol–water partition coefficient (Wildman–Crippen LogP) is 1.32. The van der Waals surface area contributed by atoms with E-state index in [1.54, 1.807) is 0 Å². The molecule has 0 heterocycles. The smallest absolute Gasteiger partial charge is 0.109 e. The molecule has 0 radical (unpaired) electrons. The summed E-state index contributed by atoms with van der Waals surface area (Å²) in [5.74, 6) is 0.937. The Kier molecular flexibility index (Phi) is 6.05. The maximum absolute atomic E-state index is 9.68. The summed E-state index contributed by atoms with van der Waals surface area (Å²) in [5, 5.41) is 28.0. The van der Waals surface area contributed by atoms with E-state index >= 15 is 0 Å². The largest absolute Gasteiger partial charge is 0.394 e. The molecular weight excluding hydrogens is 232 g/mol. The summed E-state index contributed by atoms with van der Waals surface area (Å²) in [7, 11) is 0. The van der Waals surface area contributed by atoms with Crippen molar-refractivity contribution in [2.45, 2.75) is 64.3 Å². The number of hydrogen-bond acceptors (Lipinski definition) is 4. The highest BCUT2D eigenvalue weighted by Gasteiger charge is 2.41. The Morgan fingerprint density at radius 1 is 1.28 bits per heavy atom. The minimum absolute atomic E-state index is 0.259. The van der Waals surface area contributed by atoms with Gasteiger partial charge in [-0.15, -0.1) is 0 Å². The van der Waals surface area contributed by atoms with Gasteiger partial charge in [-0.3, -0.25) is 0 Å². The van der Waals surface area contributed by atoms with Crippen molar-refractivity contribution in [1.82, 2.24) is 0 Å². The maximum atomic E-state index is 9.68. The molecule has 0 amide bonds. The zero-order valence-electron chi connectivity index (χ0n) is 11.8. The van der Waals surface area contributed by atoms with Crippen LogP contribution in [0.25, 0.3) is 0 Å². The monoisotopic (exact) mass is 260 g/mol. The van der Waals surface area contributed by atoms with E-state index in [0.29, 0.717) is 11.8 Å². The van der Waals surface area contributed by atoms with Crippen LogP contribution in [0.5, 0.6) is 0 Å². The first kappa shape index (κ1) is 15.9. The molecule has 108 valence electrons. The molecule has 4 heteroatoms.